The maximum absolute atomic E-state index is 9.61. The Labute approximate surface area is 93.2 Å². The number of aromatic hydroxyl groups is 1. The molecule has 0 aliphatic heterocycles. The lowest BCUT2D eigenvalue weighted by Crippen LogP contribution is -2.02. The average molecular weight is 219 g/mol. The second-order valence-electron chi connectivity index (χ2n) is 3.70. The first-order valence-electron chi connectivity index (χ1n) is 5.08. The van der Waals surface area contributed by atoms with Crippen LogP contribution in [0.15, 0.2) is 34.9 Å². The molecule has 1 unspecified atom stereocenters. The number of para-hydroxylation sites is 1. The molecule has 1 heterocycles. The smallest absolute Gasteiger partial charge is 0.229 e. The Balaban J connectivity index is 2.28. The van der Waals surface area contributed by atoms with E-state index in [0.29, 0.717) is 23.6 Å². The SMILES string of the molecule is CC(O)Cc1cnc(-c2ccccc2O)o1. The van der Waals surface area contributed by atoms with E-state index in [1.165, 1.54) is 0 Å². The zero-order chi connectivity index (χ0) is 11.5. The number of phenolic OH excluding ortho intramolecular Hbond substituents is 1. The molecule has 2 aromatic rings. The largest absolute Gasteiger partial charge is 0.507 e. The zero-order valence-corrected chi connectivity index (χ0v) is 8.92. The lowest BCUT2D eigenvalue weighted by molar-refractivity contribution is 0.187. The highest BCUT2D eigenvalue weighted by Gasteiger charge is 2.11. The van der Waals surface area contributed by atoms with Gasteiger partial charge in [-0.05, 0) is 19.1 Å². The standard InChI is InChI=1S/C12H13NO3/c1-8(14)6-9-7-13-12(16-9)10-4-2-3-5-11(10)15/h2-5,7-8,14-15H,6H2,1H3. The summed E-state index contributed by atoms with van der Waals surface area (Å²) in [6.07, 6.45) is 1.51. The molecule has 2 rings (SSSR count). The third-order valence-electron chi connectivity index (χ3n) is 2.18. The Bertz CT molecular complexity index is 477. The van der Waals surface area contributed by atoms with E-state index in [1.807, 2.05) is 0 Å². The molecule has 0 aliphatic rings. The molecule has 0 saturated carbocycles. The first kappa shape index (κ1) is 10.7. The molecule has 0 fully saturated rings. The van der Waals surface area contributed by atoms with E-state index in [-0.39, 0.29) is 5.75 Å². The molecule has 1 atom stereocenters. The fraction of sp³-hybridized carbons (Fsp3) is 0.250. The number of phenols is 1. The van der Waals surface area contributed by atoms with Crippen molar-refractivity contribution in [2.24, 2.45) is 0 Å². The molecule has 0 saturated heterocycles. The van der Waals surface area contributed by atoms with Gasteiger partial charge >= 0.3 is 0 Å². The first-order valence-corrected chi connectivity index (χ1v) is 5.08. The molecule has 0 spiro atoms. The molecule has 16 heavy (non-hydrogen) atoms. The van der Waals surface area contributed by atoms with Gasteiger partial charge in [-0.3, -0.25) is 0 Å². The second kappa shape index (κ2) is 4.37. The summed E-state index contributed by atoms with van der Waals surface area (Å²) in [6, 6.07) is 6.84. The molecule has 0 bridgehead atoms. The molecule has 4 heteroatoms. The van der Waals surface area contributed by atoms with Crippen LogP contribution >= 0.6 is 0 Å². The van der Waals surface area contributed by atoms with Crippen LogP contribution in [0.5, 0.6) is 5.75 Å². The van der Waals surface area contributed by atoms with Crippen molar-refractivity contribution in [1.82, 2.24) is 4.98 Å². The van der Waals surface area contributed by atoms with Gasteiger partial charge in [0.25, 0.3) is 0 Å². The lowest BCUT2D eigenvalue weighted by atomic mass is 10.2. The van der Waals surface area contributed by atoms with Crippen LogP contribution in [0.25, 0.3) is 11.5 Å². The number of aromatic nitrogens is 1. The molecule has 0 aliphatic carbocycles. The highest BCUT2D eigenvalue weighted by molar-refractivity contribution is 5.61. The Morgan fingerprint density at radius 3 is 2.81 bits per heavy atom. The summed E-state index contributed by atoms with van der Waals surface area (Å²) in [7, 11) is 0. The molecule has 2 N–H and O–H groups in total. The van der Waals surface area contributed by atoms with Gasteiger partial charge < -0.3 is 14.6 Å². The van der Waals surface area contributed by atoms with E-state index in [2.05, 4.69) is 4.98 Å². The van der Waals surface area contributed by atoms with Crippen molar-refractivity contribution in [1.29, 1.82) is 0 Å². The predicted molar refractivity (Wildman–Crippen MR) is 59.0 cm³/mol. The highest BCUT2D eigenvalue weighted by atomic mass is 16.4. The summed E-state index contributed by atoms with van der Waals surface area (Å²) >= 11 is 0. The predicted octanol–water partition coefficient (Wildman–Crippen LogP) is 1.97. The van der Waals surface area contributed by atoms with Crippen molar-refractivity contribution in [3.63, 3.8) is 0 Å². The van der Waals surface area contributed by atoms with Crippen molar-refractivity contribution in [2.75, 3.05) is 0 Å². The summed E-state index contributed by atoms with van der Waals surface area (Å²) in [5, 5.41) is 18.8. The highest BCUT2D eigenvalue weighted by Crippen LogP contribution is 2.28. The summed E-state index contributed by atoms with van der Waals surface area (Å²) in [5.41, 5.74) is 0.555. The van der Waals surface area contributed by atoms with Crippen molar-refractivity contribution in [3.8, 4) is 17.2 Å². The first-order chi connectivity index (χ1) is 7.66. The van der Waals surface area contributed by atoms with E-state index in [0.717, 1.165) is 0 Å². The summed E-state index contributed by atoms with van der Waals surface area (Å²) in [4.78, 5) is 4.06. The third-order valence-corrected chi connectivity index (χ3v) is 2.18. The normalized spacial score (nSPS) is 12.6. The molecular weight excluding hydrogens is 206 g/mol. The van der Waals surface area contributed by atoms with Crippen molar-refractivity contribution >= 4 is 0 Å². The molecule has 4 nitrogen and oxygen atoms in total. The van der Waals surface area contributed by atoms with Gasteiger partial charge in [-0.2, -0.15) is 0 Å². The van der Waals surface area contributed by atoms with Gasteiger partial charge in [0.2, 0.25) is 5.89 Å². The van der Waals surface area contributed by atoms with Crippen LogP contribution in [0.3, 0.4) is 0 Å². The fourth-order valence-corrected chi connectivity index (χ4v) is 1.47. The molecule has 0 radical (unpaired) electrons. The Morgan fingerprint density at radius 2 is 2.12 bits per heavy atom. The number of aliphatic hydroxyl groups is 1. The van der Waals surface area contributed by atoms with E-state index in [1.54, 1.807) is 37.4 Å². The van der Waals surface area contributed by atoms with Crippen LogP contribution in [0, 0.1) is 0 Å². The second-order valence-corrected chi connectivity index (χ2v) is 3.70. The van der Waals surface area contributed by atoms with Crippen LogP contribution in [-0.2, 0) is 6.42 Å². The van der Waals surface area contributed by atoms with Crippen molar-refractivity contribution in [2.45, 2.75) is 19.4 Å². The molecule has 1 aromatic heterocycles. The van der Waals surface area contributed by atoms with Crippen LogP contribution < -0.4 is 0 Å². The Kier molecular flexibility index (Phi) is 2.92. The van der Waals surface area contributed by atoms with Crippen LogP contribution in [0.4, 0.5) is 0 Å². The number of oxazole rings is 1. The van der Waals surface area contributed by atoms with E-state index in [9.17, 15) is 10.2 Å². The third kappa shape index (κ3) is 2.23. The van der Waals surface area contributed by atoms with Crippen molar-refractivity contribution < 1.29 is 14.6 Å². The number of hydrogen-bond donors (Lipinski definition) is 2. The Hall–Kier alpha value is -1.81. The van der Waals surface area contributed by atoms with Gasteiger partial charge in [0.05, 0.1) is 17.9 Å². The van der Waals surface area contributed by atoms with E-state index in [4.69, 9.17) is 4.42 Å². The van der Waals surface area contributed by atoms with E-state index < -0.39 is 6.10 Å². The van der Waals surface area contributed by atoms with Crippen LogP contribution in [-0.4, -0.2) is 21.3 Å². The van der Waals surface area contributed by atoms with Crippen LogP contribution in [0.2, 0.25) is 0 Å². The average Bonchev–Trinajstić information content (AvgIpc) is 2.66. The molecular formula is C12H13NO3. The molecule has 0 amide bonds. The van der Waals surface area contributed by atoms with Crippen molar-refractivity contribution in [3.05, 3.63) is 36.2 Å². The number of hydrogen-bond acceptors (Lipinski definition) is 4. The maximum atomic E-state index is 9.61. The minimum Gasteiger partial charge on any atom is -0.507 e. The van der Waals surface area contributed by atoms with Gasteiger partial charge in [0.15, 0.2) is 0 Å². The fourth-order valence-electron chi connectivity index (χ4n) is 1.47. The summed E-state index contributed by atoms with van der Waals surface area (Å²) < 4.78 is 5.43. The van der Waals surface area contributed by atoms with Gasteiger partial charge in [0, 0.05) is 6.42 Å². The van der Waals surface area contributed by atoms with Crippen LogP contribution in [0.1, 0.15) is 12.7 Å². The van der Waals surface area contributed by atoms with E-state index >= 15 is 0 Å². The topological polar surface area (TPSA) is 66.5 Å². The lowest BCUT2D eigenvalue weighted by Gasteiger charge is -2.00. The maximum Gasteiger partial charge on any atom is 0.229 e. The quantitative estimate of drug-likeness (QED) is 0.828. The molecule has 84 valence electrons. The number of nitrogens with zero attached hydrogens (tertiary/aromatic N) is 1. The Morgan fingerprint density at radius 1 is 1.38 bits per heavy atom. The minimum atomic E-state index is -0.467. The van der Waals surface area contributed by atoms with Gasteiger partial charge in [-0.25, -0.2) is 4.98 Å². The summed E-state index contributed by atoms with van der Waals surface area (Å²) in [6.45, 7) is 1.68. The summed E-state index contributed by atoms with van der Waals surface area (Å²) in [5.74, 6) is 1.11. The number of benzene rings is 1. The number of aliphatic hydroxyl groups excluding tert-OH is 1. The molecule has 1 aromatic carbocycles. The number of rotatable bonds is 3. The van der Waals surface area contributed by atoms with Gasteiger partial charge in [-0.15, -0.1) is 0 Å². The van der Waals surface area contributed by atoms with Gasteiger partial charge in [0.1, 0.15) is 11.5 Å². The van der Waals surface area contributed by atoms with Gasteiger partial charge in [-0.1, -0.05) is 12.1 Å². The minimum absolute atomic E-state index is 0.132. The zero-order valence-electron chi connectivity index (χ0n) is 8.92. The monoisotopic (exact) mass is 219 g/mol.